The van der Waals surface area contributed by atoms with Gasteiger partial charge in [0.05, 0.1) is 11.7 Å². The summed E-state index contributed by atoms with van der Waals surface area (Å²) in [6, 6.07) is 0.0697. The minimum absolute atomic E-state index is 0.0762. The van der Waals surface area contributed by atoms with Crippen LogP contribution < -0.4 is 10.6 Å². The Morgan fingerprint density at radius 1 is 1.50 bits per heavy atom. The van der Waals surface area contributed by atoms with Crippen molar-refractivity contribution < 1.29 is 4.79 Å². The van der Waals surface area contributed by atoms with Gasteiger partial charge in [-0.15, -0.1) is 0 Å². The van der Waals surface area contributed by atoms with E-state index in [2.05, 4.69) is 29.6 Å². The van der Waals surface area contributed by atoms with E-state index in [4.69, 9.17) is 0 Å². The molecular formula is C13H22N4O. The molecule has 5 heteroatoms. The molecule has 100 valence electrons. The molecule has 0 bridgehead atoms. The van der Waals surface area contributed by atoms with Gasteiger partial charge in [0.2, 0.25) is 5.91 Å². The number of piperidine rings is 1. The molecule has 2 N–H and O–H groups in total. The van der Waals surface area contributed by atoms with E-state index in [1.165, 1.54) is 5.56 Å². The number of hydrogen-bond donors (Lipinski definition) is 2. The highest BCUT2D eigenvalue weighted by molar-refractivity contribution is 5.82. The standard InChI is InChI=1S/C13H22N4O/c1-8(12-9(2)16-17(4)10(12)3)15-11-6-5-7-14-13(11)18/h8,11,15H,5-7H2,1-4H3,(H,14,18). The molecule has 0 aromatic carbocycles. The van der Waals surface area contributed by atoms with Gasteiger partial charge in [0.1, 0.15) is 0 Å². The maximum Gasteiger partial charge on any atom is 0.237 e. The third-order valence-corrected chi connectivity index (χ3v) is 3.73. The Balaban J connectivity index is 2.11. The first-order valence-corrected chi connectivity index (χ1v) is 6.54. The molecule has 5 nitrogen and oxygen atoms in total. The highest BCUT2D eigenvalue weighted by Crippen LogP contribution is 2.22. The van der Waals surface area contributed by atoms with E-state index >= 15 is 0 Å². The summed E-state index contributed by atoms with van der Waals surface area (Å²) in [4.78, 5) is 11.7. The summed E-state index contributed by atoms with van der Waals surface area (Å²) in [6.07, 6.45) is 1.95. The number of nitrogens with zero attached hydrogens (tertiary/aromatic N) is 2. The van der Waals surface area contributed by atoms with Crippen molar-refractivity contribution in [3.8, 4) is 0 Å². The van der Waals surface area contributed by atoms with E-state index in [1.54, 1.807) is 0 Å². The normalized spacial score (nSPS) is 21.8. The number of aryl methyl sites for hydroxylation is 2. The number of rotatable bonds is 3. The van der Waals surface area contributed by atoms with Crippen LogP contribution in [0.15, 0.2) is 0 Å². The minimum Gasteiger partial charge on any atom is -0.355 e. The summed E-state index contributed by atoms with van der Waals surface area (Å²) in [5.41, 5.74) is 3.39. The Kier molecular flexibility index (Phi) is 3.71. The van der Waals surface area contributed by atoms with E-state index in [-0.39, 0.29) is 18.0 Å². The van der Waals surface area contributed by atoms with Crippen LogP contribution in [0.2, 0.25) is 0 Å². The fourth-order valence-corrected chi connectivity index (χ4v) is 2.73. The highest BCUT2D eigenvalue weighted by atomic mass is 16.2. The van der Waals surface area contributed by atoms with Gasteiger partial charge in [0.15, 0.2) is 0 Å². The smallest absolute Gasteiger partial charge is 0.237 e. The third kappa shape index (κ3) is 2.41. The topological polar surface area (TPSA) is 59.0 Å². The molecule has 1 aromatic rings. The van der Waals surface area contributed by atoms with E-state index in [9.17, 15) is 4.79 Å². The predicted octanol–water partition coefficient (Wildman–Crippen LogP) is 0.966. The summed E-state index contributed by atoms with van der Waals surface area (Å²) < 4.78 is 1.89. The van der Waals surface area contributed by atoms with Gasteiger partial charge in [-0.2, -0.15) is 5.10 Å². The molecule has 1 saturated heterocycles. The van der Waals surface area contributed by atoms with Crippen LogP contribution in [0.1, 0.15) is 42.8 Å². The van der Waals surface area contributed by atoms with Crippen molar-refractivity contribution in [1.29, 1.82) is 0 Å². The molecule has 2 atom stereocenters. The Bertz CT molecular complexity index is 452. The second-order valence-electron chi connectivity index (χ2n) is 5.08. The largest absolute Gasteiger partial charge is 0.355 e. The van der Waals surface area contributed by atoms with Crippen molar-refractivity contribution in [3.63, 3.8) is 0 Å². The molecule has 1 aliphatic heterocycles. The number of amides is 1. The lowest BCUT2D eigenvalue weighted by molar-refractivity contribution is -0.124. The summed E-state index contributed by atoms with van der Waals surface area (Å²) in [6.45, 7) is 6.98. The van der Waals surface area contributed by atoms with E-state index in [1.807, 2.05) is 18.7 Å². The Morgan fingerprint density at radius 2 is 2.22 bits per heavy atom. The average Bonchev–Trinajstić information content (AvgIpc) is 2.56. The fraction of sp³-hybridized carbons (Fsp3) is 0.692. The first-order valence-electron chi connectivity index (χ1n) is 6.54. The molecule has 2 rings (SSSR count). The molecule has 18 heavy (non-hydrogen) atoms. The molecule has 1 fully saturated rings. The molecule has 0 aliphatic carbocycles. The maximum absolute atomic E-state index is 11.7. The van der Waals surface area contributed by atoms with Crippen LogP contribution in [-0.4, -0.2) is 28.3 Å². The number of nitrogens with one attached hydrogen (secondary N) is 2. The van der Waals surface area contributed by atoms with Gasteiger partial charge in [-0.1, -0.05) is 0 Å². The summed E-state index contributed by atoms with van der Waals surface area (Å²) >= 11 is 0. The van der Waals surface area contributed by atoms with Crippen LogP contribution in [0.4, 0.5) is 0 Å². The fourth-order valence-electron chi connectivity index (χ4n) is 2.73. The highest BCUT2D eigenvalue weighted by Gasteiger charge is 2.25. The van der Waals surface area contributed by atoms with Gasteiger partial charge >= 0.3 is 0 Å². The zero-order valence-electron chi connectivity index (χ0n) is 11.6. The van der Waals surface area contributed by atoms with Crippen LogP contribution in [0.5, 0.6) is 0 Å². The quantitative estimate of drug-likeness (QED) is 0.840. The van der Waals surface area contributed by atoms with Gasteiger partial charge in [0.25, 0.3) is 0 Å². The number of carbonyl (C=O) groups is 1. The molecule has 1 aromatic heterocycles. The number of carbonyl (C=O) groups excluding carboxylic acids is 1. The summed E-state index contributed by atoms with van der Waals surface area (Å²) in [5.74, 6) is 0.118. The molecule has 0 saturated carbocycles. The van der Waals surface area contributed by atoms with Gasteiger partial charge < -0.3 is 5.32 Å². The Hall–Kier alpha value is -1.36. The Labute approximate surface area is 108 Å². The first kappa shape index (κ1) is 13.1. The van der Waals surface area contributed by atoms with Gasteiger partial charge in [-0.05, 0) is 33.6 Å². The van der Waals surface area contributed by atoms with Crippen LogP contribution in [0.25, 0.3) is 0 Å². The molecular weight excluding hydrogens is 228 g/mol. The molecule has 1 amide bonds. The second-order valence-corrected chi connectivity index (χ2v) is 5.08. The van der Waals surface area contributed by atoms with Crippen molar-refractivity contribution in [2.45, 2.75) is 45.7 Å². The monoisotopic (exact) mass is 250 g/mol. The average molecular weight is 250 g/mol. The minimum atomic E-state index is -0.0762. The van der Waals surface area contributed by atoms with E-state index < -0.39 is 0 Å². The van der Waals surface area contributed by atoms with Crippen LogP contribution in [-0.2, 0) is 11.8 Å². The van der Waals surface area contributed by atoms with Crippen molar-refractivity contribution in [1.82, 2.24) is 20.4 Å². The van der Waals surface area contributed by atoms with Crippen molar-refractivity contribution in [2.24, 2.45) is 7.05 Å². The summed E-state index contributed by atoms with van der Waals surface area (Å²) in [5, 5.41) is 10.7. The van der Waals surface area contributed by atoms with E-state index in [0.717, 1.165) is 30.8 Å². The third-order valence-electron chi connectivity index (χ3n) is 3.73. The maximum atomic E-state index is 11.7. The Morgan fingerprint density at radius 3 is 2.78 bits per heavy atom. The van der Waals surface area contributed by atoms with Gasteiger partial charge in [0, 0.05) is 30.9 Å². The second kappa shape index (κ2) is 5.10. The number of hydrogen-bond acceptors (Lipinski definition) is 3. The zero-order valence-corrected chi connectivity index (χ0v) is 11.6. The lowest BCUT2D eigenvalue weighted by Crippen LogP contribution is -2.49. The van der Waals surface area contributed by atoms with Gasteiger partial charge in [-0.25, -0.2) is 0 Å². The molecule has 2 heterocycles. The van der Waals surface area contributed by atoms with Crippen molar-refractivity contribution in [3.05, 3.63) is 17.0 Å². The van der Waals surface area contributed by atoms with Crippen LogP contribution >= 0.6 is 0 Å². The van der Waals surface area contributed by atoms with Crippen LogP contribution in [0.3, 0.4) is 0 Å². The molecule has 2 unspecified atom stereocenters. The predicted molar refractivity (Wildman–Crippen MR) is 70.3 cm³/mol. The van der Waals surface area contributed by atoms with Crippen molar-refractivity contribution in [2.75, 3.05) is 6.54 Å². The zero-order chi connectivity index (χ0) is 13.3. The van der Waals surface area contributed by atoms with Crippen LogP contribution in [0, 0.1) is 13.8 Å². The lowest BCUT2D eigenvalue weighted by Gasteiger charge is -2.26. The first-order chi connectivity index (χ1) is 8.50. The summed E-state index contributed by atoms with van der Waals surface area (Å²) in [7, 11) is 1.95. The van der Waals surface area contributed by atoms with E-state index in [0.29, 0.717) is 0 Å². The lowest BCUT2D eigenvalue weighted by atomic mass is 10.0. The molecule has 0 spiro atoms. The number of aromatic nitrogens is 2. The van der Waals surface area contributed by atoms with Crippen molar-refractivity contribution >= 4 is 5.91 Å². The SMILES string of the molecule is Cc1nn(C)c(C)c1C(C)NC1CCCNC1=O. The van der Waals surface area contributed by atoms with Gasteiger partial charge in [-0.3, -0.25) is 14.8 Å². The molecule has 1 aliphatic rings. The molecule has 0 radical (unpaired) electrons.